The summed E-state index contributed by atoms with van der Waals surface area (Å²) in [5.74, 6) is 3.52. The van der Waals surface area contributed by atoms with Crippen molar-refractivity contribution in [1.29, 1.82) is 0 Å². The first kappa shape index (κ1) is 19.5. The average Bonchev–Trinajstić information content (AvgIpc) is 2.59. The number of nitrogens with one attached hydrogen (secondary N) is 1. The van der Waals surface area contributed by atoms with Crippen molar-refractivity contribution < 1.29 is 9.47 Å². The summed E-state index contributed by atoms with van der Waals surface area (Å²) in [6.45, 7) is 0.569. The van der Waals surface area contributed by atoms with Crippen LogP contribution in [-0.2, 0) is 6.54 Å². The van der Waals surface area contributed by atoms with E-state index in [1.54, 1.807) is 37.6 Å². The Labute approximate surface area is 165 Å². The van der Waals surface area contributed by atoms with E-state index >= 15 is 0 Å². The highest BCUT2D eigenvalue weighted by molar-refractivity contribution is 9.10. The van der Waals surface area contributed by atoms with Crippen LogP contribution in [0.5, 0.6) is 11.5 Å². The Morgan fingerprint density at radius 3 is 2.68 bits per heavy atom. The molecular formula is C18H15BrCl2N2O2. The molecule has 0 saturated carbocycles. The molecule has 0 radical (unpaired) electrons. The Kier molecular flexibility index (Phi) is 7.45. The molecule has 4 nitrogen and oxygen atoms in total. The van der Waals surface area contributed by atoms with Crippen molar-refractivity contribution in [1.82, 2.24) is 5.43 Å². The van der Waals surface area contributed by atoms with Gasteiger partial charge >= 0.3 is 0 Å². The molecule has 0 aliphatic carbocycles. The van der Waals surface area contributed by atoms with Gasteiger partial charge in [-0.15, -0.1) is 6.42 Å². The number of nitrogens with zero attached hydrogens (tertiary/aromatic N) is 1. The number of hydrazone groups is 1. The molecule has 0 aliphatic heterocycles. The van der Waals surface area contributed by atoms with Gasteiger partial charge in [0.2, 0.25) is 0 Å². The molecule has 0 atom stereocenters. The summed E-state index contributed by atoms with van der Waals surface area (Å²) in [4.78, 5) is 0. The minimum absolute atomic E-state index is 0.155. The zero-order chi connectivity index (χ0) is 18.2. The van der Waals surface area contributed by atoms with Crippen LogP contribution in [0, 0.1) is 12.3 Å². The van der Waals surface area contributed by atoms with Crippen LogP contribution < -0.4 is 14.9 Å². The van der Waals surface area contributed by atoms with Crippen LogP contribution in [0.15, 0.2) is 39.9 Å². The van der Waals surface area contributed by atoms with Gasteiger partial charge in [0.25, 0.3) is 0 Å². The average molecular weight is 442 g/mol. The minimum atomic E-state index is 0.155. The van der Waals surface area contributed by atoms with Gasteiger partial charge in [-0.1, -0.05) is 35.2 Å². The van der Waals surface area contributed by atoms with E-state index in [1.165, 1.54) is 0 Å². The third-order valence-corrected chi connectivity index (χ3v) is 4.47. The Hall–Kier alpha value is -1.87. The molecule has 0 spiro atoms. The monoisotopic (exact) mass is 440 g/mol. The van der Waals surface area contributed by atoms with Crippen LogP contribution >= 0.6 is 39.1 Å². The van der Waals surface area contributed by atoms with Gasteiger partial charge in [-0.25, -0.2) is 0 Å². The summed E-state index contributed by atoms with van der Waals surface area (Å²) >= 11 is 15.7. The van der Waals surface area contributed by atoms with Crippen molar-refractivity contribution in [2.45, 2.75) is 6.54 Å². The molecule has 0 unspecified atom stereocenters. The molecule has 2 rings (SSSR count). The van der Waals surface area contributed by atoms with Gasteiger partial charge in [-0.3, -0.25) is 0 Å². The van der Waals surface area contributed by atoms with E-state index in [1.807, 2.05) is 6.07 Å². The standard InChI is InChI=1S/C18H15BrCl2N2O2/c1-3-7-25-18-14(19)8-12(9-17(18)24-2)10-22-23-11-13-15(20)5-4-6-16(13)21/h1,4-6,8-10,23H,7,11H2,2H3/b22-10-. The molecule has 2 aromatic carbocycles. The van der Waals surface area contributed by atoms with Crippen LogP contribution in [0.3, 0.4) is 0 Å². The van der Waals surface area contributed by atoms with Crippen molar-refractivity contribution in [3.63, 3.8) is 0 Å². The molecule has 0 heterocycles. The van der Waals surface area contributed by atoms with Gasteiger partial charge in [0.05, 0.1) is 24.3 Å². The summed E-state index contributed by atoms with van der Waals surface area (Å²) < 4.78 is 11.5. The lowest BCUT2D eigenvalue weighted by Gasteiger charge is -2.11. The van der Waals surface area contributed by atoms with Gasteiger partial charge < -0.3 is 14.9 Å². The van der Waals surface area contributed by atoms with Gasteiger partial charge in [0, 0.05) is 15.6 Å². The van der Waals surface area contributed by atoms with E-state index in [0.717, 1.165) is 15.6 Å². The molecule has 0 amide bonds. The highest BCUT2D eigenvalue weighted by Crippen LogP contribution is 2.36. The largest absolute Gasteiger partial charge is 0.493 e. The first-order valence-electron chi connectivity index (χ1n) is 7.19. The third-order valence-electron chi connectivity index (χ3n) is 3.17. The quantitative estimate of drug-likeness (QED) is 0.377. The van der Waals surface area contributed by atoms with Crippen molar-refractivity contribution in [3.05, 3.63) is 56.0 Å². The zero-order valence-electron chi connectivity index (χ0n) is 13.4. The molecule has 0 aliphatic rings. The molecule has 130 valence electrons. The van der Waals surface area contributed by atoms with Crippen molar-refractivity contribution in [3.8, 4) is 23.8 Å². The molecule has 25 heavy (non-hydrogen) atoms. The fourth-order valence-electron chi connectivity index (χ4n) is 2.01. The Bertz CT molecular complexity index is 799. The minimum Gasteiger partial charge on any atom is -0.493 e. The second-order valence-corrected chi connectivity index (χ2v) is 6.49. The van der Waals surface area contributed by atoms with Crippen LogP contribution in [0.2, 0.25) is 10.0 Å². The van der Waals surface area contributed by atoms with Gasteiger partial charge in [0.1, 0.15) is 6.61 Å². The maximum atomic E-state index is 6.12. The molecule has 0 bridgehead atoms. The smallest absolute Gasteiger partial charge is 0.176 e. The molecule has 7 heteroatoms. The zero-order valence-corrected chi connectivity index (χ0v) is 16.5. The van der Waals surface area contributed by atoms with E-state index < -0.39 is 0 Å². The predicted molar refractivity (Wildman–Crippen MR) is 106 cm³/mol. The number of rotatable bonds is 7. The van der Waals surface area contributed by atoms with E-state index in [-0.39, 0.29) is 6.61 Å². The van der Waals surface area contributed by atoms with Crippen LogP contribution in [0.4, 0.5) is 0 Å². The molecule has 2 aromatic rings. The first-order valence-corrected chi connectivity index (χ1v) is 8.74. The fraction of sp³-hybridized carbons (Fsp3) is 0.167. The third kappa shape index (κ3) is 5.30. The summed E-state index contributed by atoms with van der Waals surface area (Å²) in [7, 11) is 1.56. The number of hydrogen-bond donors (Lipinski definition) is 1. The number of hydrogen-bond acceptors (Lipinski definition) is 4. The van der Waals surface area contributed by atoms with Crippen molar-refractivity contribution in [2.24, 2.45) is 5.10 Å². The van der Waals surface area contributed by atoms with Crippen LogP contribution in [-0.4, -0.2) is 19.9 Å². The summed E-state index contributed by atoms with van der Waals surface area (Å²) in [5.41, 5.74) is 4.53. The van der Waals surface area contributed by atoms with Gasteiger partial charge in [-0.2, -0.15) is 5.10 Å². The molecule has 1 N–H and O–H groups in total. The van der Waals surface area contributed by atoms with E-state index in [4.69, 9.17) is 39.1 Å². The van der Waals surface area contributed by atoms with Crippen LogP contribution in [0.1, 0.15) is 11.1 Å². The lowest BCUT2D eigenvalue weighted by Crippen LogP contribution is -2.07. The normalized spacial score (nSPS) is 10.5. The second kappa shape index (κ2) is 9.57. The van der Waals surface area contributed by atoms with E-state index in [9.17, 15) is 0 Å². The van der Waals surface area contributed by atoms with Gasteiger partial charge in [-0.05, 0) is 45.8 Å². The topological polar surface area (TPSA) is 42.8 Å². The van der Waals surface area contributed by atoms with E-state index in [0.29, 0.717) is 28.1 Å². The summed E-state index contributed by atoms with van der Waals surface area (Å²) in [6, 6.07) is 9.01. The number of terminal acetylenes is 1. The predicted octanol–water partition coefficient (Wildman–Crippen LogP) is 4.90. The second-order valence-electron chi connectivity index (χ2n) is 4.82. The molecule has 0 aromatic heterocycles. The molecule has 0 fully saturated rings. The Morgan fingerprint density at radius 2 is 2.04 bits per heavy atom. The number of ether oxygens (including phenoxy) is 2. The van der Waals surface area contributed by atoms with Crippen LogP contribution in [0.25, 0.3) is 0 Å². The Morgan fingerprint density at radius 1 is 1.32 bits per heavy atom. The van der Waals surface area contributed by atoms with Gasteiger partial charge in [0.15, 0.2) is 11.5 Å². The molecule has 0 saturated heterocycles. The highest BCUT2D eigenvalue weighted by atomic mass is 79.9. The SMILES string of the molecule is C#CCOc1c(Br)cc(/C=N\NCc2c(Cl)cccc2Cl)cc1OC. The highest BCUT2D eigenvalue weighted by Gasteiger charge is 2.11. The fourth-order valence-corrected chi connectivity index (χ4v) is 3.12. The van der Waals surface area contributed by atoms with Crippen molar-refractivity contribution in [2.75, 3.05) is 13.7 Å². The lowest BCUT2D eigenvalue weighted by molar-refractivity contribution is 0.329. The van der Waals surface area contributed by atoms with E-state index in [2.05, 4.69) is 32.4 Å². The lowest BCUT2D eigenvalue weighted by atomic mass is 10.2. The number of methoxy groups -OCH3 is 1. The summed E-state index contributed by atoms with van der Waals surface area (Å²) in [6.07, 6.45) is 6.87. The maximum Gasteiger partial charge on any atom is 0.176 e. The number of halogens is 3. The number of benzene rings is 2. The maximum absolute atomic E-state index is 6.12. The molecular weight excluding hydrogens is 427 g/mol. The van der Waals surface area contributed by atoms with Crippen molar-refractivity contribution >= 4 is 45.3 Å². The summed E-state index contributed by atoms with van der Waals surface area (Å²) in [5, 5.41) is 5.37. The first-order chi connectivity index (χ1) is 12.1. The Balaban J connectivity index is 2.08.